The third-order valence-electron chi connectivity index (χ3n) is 4.68. The number of ether oxygens (including phenoxy) is 2. The number of esters is 1. The molecule has 0 saturated carbocycles. The van der Waals surface area contributed by atoms with Gasteiger partial charge in [-0.15, -0.1) is 0 Å². The van der Waals surface area contributed by atoms with E-state index in [1.807, 2.05) is 0 Å². The smallest absolute Gasteiger partial charge is 0.312 e. The zero-order chi connectivity index (χ0) is 13.9. The predicted octanol–water partition coefficient (Wildman–Crippen LogP) is 2.03. The highest BCUT2D eigenvalue weighted by Crippen LogP contribution is 2.54. The van der Waals surface area contributed by atoms with E-state index in [2.05, 4.69) is 0 Å². The molecule has 0 aromatic heterocycles. The fourth-order valence-electron chi connectivity index (χ4n) is 3.86. The Labute approximate surface area is 114 Å². The lowest BCUT2D eigenvalue weighted by atomic mass is 9.76. The second-order valence-electron chi connectivity index (χ2n) is 5.64. The van der Waals surface area contributed by atoms with Crippen molar-refractivity contribution >= 4 is 12.3 Å². The molecule has 1 aromatic carbocycles. The van der Waals surface area contributed by atoms with Gasteiger partial charge in [0.25, 0.3) is 0 Å². The van der Waals surface area contributed by atoms with E-state index in [1.54, 1.807) is 0 Å². The van der Waals surface area contributed by atoms with Crippen molar-refractivity contribution in [2.75, 3.05) is 0 Å². The van der Waals surface area contributed by atoms with Crippen LogP contribution in [0.4, 0.5) is 4.39 Å². The van der Waals surface area contributed by atoms with E-state index in [0.29, 0.717) is 17.4 Å². The molecule has 4 rings (SSSR count). The molecule has 5 atom stereocenters. The Kier molecular flexibility index (Phi) is 2.48. The summed E-state index contributed by atoms with van der Waals surface area (Å²) in [6, 6.07) is 3.95. The lowest BCUT2D eigenvalue weighted by Gasteiger charge is -2.23. The van der Waals surface area contributed by atoms with E-state index in [4.69, 9.17) is 9.47 Å². The Balaban J connectivity index is 1.78. The van der Waals surface area contributed by atoms with Crippen LogP contribution in [0.3, 0.4) is 0 Å². The van der Waals surface area contributed by atoms with Gasteiger partial charge in [0.15, 0.2) is 0 Å². The molecule has 0 N–H and O–H groups in total. The van der Waals surface area contributed by atoms with Crippen LogP contribution in [0.5, 0.6) is 0 Å². The Hall–Kier alpha value is -1.75. The normalized spacial score (nSPS) is 37.9. The Morgan fingerprint density at radius 1 is 1.25 bits per heavy atom. The SMILES string of the molecule is O=Cc1ccc(F)cc1[C@H]1OC(=O)C2C3CCC(O3)C21. The van der Waals surface area contributed by atoms with Crippen molar-refractivity contribution in [1.82, 2.24) is 0 Å². The third-order valence-corrected chi connectivity index (χ3v) is 4.68. The zero-order valence-corrected chi connectivity index (χ0v) is 10.6. The summed E-state index contributed by atoms with van der Waals surface area (Å²) in [5.41, 5.74) is 0.824. The number of benzene rings is 1. The van der Waals surface area contributed by atoms with Gasteiger partial charge in [0.05, 0.1) is 18.1 Å². The number of halogens is 1. The lowest BCUT2D eigenvalue weighted by Crippen LogP contribution is -2.28. The zero-order valence-electron chi connectivity index (χ0n) is 10.6. The van der Waals surface area contributed by atoms with Crippen molar-refractivity contribution in [2.45, 2.75) is 31.2 Å². The van der Waals surface area contributed by atoms with E-state index in [0.717, 1.165) is 12.8 Å². The summed E-state index contributed by atoms with van der Waals surface area (Å²) in [4.78, 5) is 23.2. The average Bonchev–Trinajstić information content (AvgIpc) is 3.12. The number of fused-ring (bicyclic) bond motifs is 5. The molecule has 3 heterocycles. The highest BCUT2D eigenvalue weighted by atomic mass is 19.1. The first kappa shape index (κ1) is 12.0. The molecule has 20 heavy (non-hydrogen) atoms. The summed E-state index contributed by atoms with van der Waals surface area (Å²) in [7, 11) is 0. The number of carbonyl (C=O) groups is 2. The molecular weight excluding hydrogens is 263 g/mol. The van der Waals surface area contributed by atoms with Gasteiger partial charge in [-0.25, -0.2) is 4.39 Å². The first-order valence-corrected chi connectivity index (χ1v) is 6.79. The van der Waals surface area contributed by atoms with Gasteiger partial charge in [-0.05, 0) is 31.0 Å². The molecule has 3 aliphatic heterocycles. The minimum atomic E-state index is -0.571. The highest BCUT2D eigenvalue weighted by Gasteiger charge is 2.61. The van der Waals surface area contributed by atoms with Crippen molar-refractivity contribution in [1.29, 1.82) is 0 Å². The van der Waals surface area contributed by atoms with Crippen molar-refractivity contribution in [2.24, 2.45) is 11.8 Å². The van der Waals surface area contributed by atoms with Gasteiger partial charge in [-0.1, -0.05) is 0 Å². The molecule has 3 fully saturated rings. The van der Waals surface area contributed by atoms with Gasteiger partial charge in [0.1, 0.15) is 18.2 Å². The molecule has 3 aliphatic rings. The quantitative estimate of drug-likeness (QED) is 0.612. The van der Waals surface area contributed by atoms with Crippen LogP contribution in [-0.2, 0) is 14.3 Å². The lowest BCUT2D eigenvalue weighted by molar-refractivity contribution is -0.147. The van der Waals surface area contributed by atoms with Gasteiger partial charge >= 0.3 is 5.97 Å². The maximum Gasteiger partial charge on any atom is 0.312 e. The third kappa shape index (κ3) is 1.50. The average molecular weight is 276 g/mol. The molecule has 0 spiro atoms. The Bertz CT molecular complexity index is 600. The summed E-state index contributed by atoms with van der Waals surface area (Å²) in [6.45, 7) is 0. The summed E-state index contributed by atoms with van der Waals surface area (Å²) in [6.07, 6.45) is 1.77. The van der Waals surface area contributed by atoms with Gasteiger partial charge in [0.2, 0.25) is 0 Å². The molecule has 104 valence electrons. The molecular formula is C15H13FO4. The van der Waals surface area contributed by atoms with Gasteiger partial charge in [0, 0.05) is 17.0 Å². The van der Waals surface area contributed by atoms with E-state index < -0.39 is 11.9 Å². The van der Waals surface area contributed by atoms with Crippen LogP contribution in [0, 0.1) is 17.7 Å². The van der Waals surface area contributed by atoms with Gasteiger partial charge < -0.3 is 9.47 Å². The Morgan fingerprint density at radius 3 is 2.85 bits per heavy atom. The number of hydrogen-bond donors (Lipinski definition) is 0. The molecule has 4 nitrogen and oxygen atoms in total. The van der Waals surface area contributed by atoms with E-state index in [-0.39, 0.29) is 30.0 Å². The van der Waals surface area contributed by atoms with Crippen LogP contribution < -0.4 is 0 Å². The van der Waals surface area contributed by atoms with Crippen LogP contribution in [0.25, 0.3) is 0 Å². The standard InChI is InChI=1S/C15H13FO4/c16-8-2-1-7(6-17)9(5-8)14-12-10-3-4-11(19-10)13(12)15(18)20-14/h1-2,5-6,10-14H,3-4H2/t10?,11?,12?,13?,14-/m1/s1. The fraction of sp³-hybridized carbons (Fsp3) is 0.467. The minimum Gasteiger partial charge on any atom is -0.457 e. The van der Waals surface area contributed by atoms with Crippen molar-refractivity contribution < 1.29 is 23.5 Å². The number of rotatable bonds is 2. The van der Waals surface area contributed by atoms with Crippen LogP contribution in [0.1, 0.15) is 34.9 Å². The maximum atomic E-state index is 13.5. The summed E-state index contributed by atoms with van der Waals surface area (Å²) >= 11 is 0. The molecule has 1 aromatic rings. The van der Waals surface area contributed by atoms with E-state index in [9.17, 15) is 14.0 Å². The van der Waals surface area contributed by atoms with Crippen molar-refractivity contribution in [3.05, 3.63) is 35.1 Å². The number of carbonyl (C=O) groups excluding carboxylic acids is 2. The van der Waals surface area contributed by atoms with Crippen LogP contribution in [-0.4, -0.2) is 24.5 Å². The van der Waals surface area contributed by atoms with E-state index in [1.165, 1.54) is 18.2 Å². The topological polar surface area (TPSA) is 52.6 Å². The molecule has 3 saturated heterocycles. The monoisotopic (exact) mass is 276 g/mol. The number of hydrogen-bond acceptors (Lipinski definition) is 4. The summed E-state index contributed by atoms with van der Waals surface area (Å²) < 4.78 is 24.7. The van der Waals surface area contributed by atoms with E-state index >= 15 is 0 Å². The van der Waals surface area contributed by atoms with Crippen LogP contribution >= 0.6 is 0 Å². The summed E-state index contributed by atoms with van der Waals surface area (Å²) in [5, 5.41) is 0. The predicted molar refractivity (Wildman–Crippen MR) is 65.5 cm³/mol. The molecule has 4 unspecified atom stereocenters. The molecule has 0 radical (unpaired) electrons. The second-order valence-corrected chi connectivity index (χ2v) is 5.64. The fourth-order valence-corrected chi connectivity index (χ4v) is 3.86. The van der Waals surface area contributed by atoms with Crippen LogP contribution in [0.15, 0.2) is 18.2 Å². The molecule has 0 aliphatic carbocycles. The number of aldehydes is 1. The summed E-state index contributed by atoms with van der Waals surface area (Å²) in [5.74, 6) is -1.08. The first-order valence-electron chi connectivity index (χ1n) is 6.79. The Morgan fingerprint density at radius 2 is 2.05 bits per heavy atom. The molecule has 2 bridgehead atoms. The van der Waals surface area contributed by atoms with Crippen molar-refractivity contribution in [3.8, 4) is 0 Å². The maximum absolute atomic E-state index is 13.5. The highest BCUT2D eigenvalue weighted by molar-refractivity contribution is 5.80. The molecule has 0 amide bonds. The van der Waals surface area contributed by atoms with Crippen LogP contribution in [0.2, 0.25) is 0 Å². The second kappa shape index (κ2) is 4.12. The minimum absolute atomic E-state index is 0.0239. The van der Waals surface area contributed by atoms with Crippen molar-refractivity contribution in [3.63, 3.8) is 0 Å². The van der Waals surface area contributed by atoms with Gasteiger partial charge in [-0.3, -0.25) is 9.59 Å². The largest absolute Gasteiger partial charge is 0.457 e. The number of cyclic esters (lactones) is 1. The molecule has 5 heteroatoms. The van der Waals surface area contributed by atoms with Gasteiger partial charge in [-0.2, -0.15) is 0 Å². The first-order chi connectivity index (χ1) is 9.69.